The molecule has 5 heteroatoms. The molecule has 5 nitrogen and oxygen atoms in total. The number of carbonyl (C=O) groups excluding carboxylic acids is 1. The first-order chi connectivity index (χ1) is 11.2. The topological polar surface area (TPSA) is 48.0 Å². The van der Waals surface area contributed by atoms with Crippen LogP contribution in [0.15, 0.2) is 42.5 Å². The van der Waals surface area contributed by atoms with Gasteiger partial charge in [-0.2, -0.15) is 0 Å². The van der Waals surface area contributed by atoms with Gasteiger partial charge in [-0.25, -0.2) is 4.79 Å². The van der Waals surface area contributed by atoms with E-state index in [1.165, 1.54) is 7.11 Å². The fraction of sp³-hybridized carbons (Fsp3) is 0.278. The Labute approximate surface area is 135 Å². The highest BCUT2D eigenvalue weighted by atomic mass is 16.6. The van der Waals surface area contributed by atoms with Crippen molar-refractivity contribution in [1.29, 1.82) is 0 Å². The Morgan fingerprint density at radius 2 is 1.83 bits per heavy atom. The Bertz CT molecular complexity index is 714. The molecule has 1 aliphatic rings. The van der Waals surface area contributed by atoms with E-state index in [9.17, 15) is 4.79 Å². The van der Waals surface area contributed by atoms with Gasteiger partial charge >= 0.3 is 5.97 Å². The summed E-state index contributed by atoms with van der Waals surface area (Å²) in [4.78, 5) is 14.3. The standard InChI is InChI=1S/C18H19NO4/c1-19(11-12-7-5-4-6-8-12)17-13-9-10-14(21-2)16(22-3)15(13)18(20)23-17/h4-10,17H,11H2,1-3H3/t17-/m0/s1. The number of hydrogen-bond acceptors (Lipinski definition) is 5. The zero-order chi connectivity index (χ0) is 16.4. The zero-order valence-electron chi connectivity index (χ0n) is 13.4. The largest absolute Gasteiger partial charge is 0.493 e. The monoisotopic (exact) mass is 313 g/mol. The lowest BCUT2D eigenvalue weighted by atomic mass is 10.1. The summed E-state index contributed by atoms with van der Waals surface area (Å²) in [7, 11) is 4.99. The molecule has 0 bridgehead atoms. The third-order valence-electron chi connectivity index (χ3n) is 3.94. The van der Waals surface area contributed by atoms with Gasteiger partial charge in [-0.05, 0) is 24.7 Å². The van der Waals surface area contributed by atoms with Crippen LogP contribution in [0.1, 0.15) is 27.7 Å². The van der Waals surface area contributed by atoms with E-state index in [0.717, 1.165) is 11.1 Å². The Balaban J connectivity index is 1.92. The highest BCUT2D eigenvalue weighted by molar-refractivity contribution is 5.98. The molecule has 0 radical (unpaired) electrons. The Morgan fingerprint density at radius 1 is 1.09 bits per heavy atom. The number of hydrogen-bond donors (Lipinski definition) is 0. The van der Waals surface area contributed by atoms with Crippen molar-refractivity contribution in [2.45, 2.75) is 12.8 Å². The molecule has 0 amide bonds. The van der Waals surface area contributed by atoms with Gasteiger partial charge in [-0.3, -0.25) is 4.90 Å². The van der Waals surface area contributed by atoms with Crippen LogP contribution in [-0.4, -0.2) is 32.1 Å². The first kappa shape index (κ1) is 15.4. The van der Waals surface area contributed by atoms with Crippen molar-refractivity contribution in [2.75, 3.05) is 21.3 Å². The summed E-state index contributed by atoms with van der Waals surface area (Å²) in [5.41, 5.74) is 2.39. The molecule has 0 fully saturated rings. The molecule has 0 N–H and O–H groups in total. The van der Waals surface area contributed by atoms with Crippen LogP contribution in [0, 0.1) is 0 Å². The second kappa shape index (κ2) is 6.30. The average Bonchev–Trinajstić information content (AvgIpc) is 2.92. The van der Waals surface area contributed by atoms with Crippen LogP contribution >= 0.6 is 0 Å². The van der Waals surface area contributed by atoms with Crippen LogP contribution in [0.2, 0.25) is 0 Å². The van der Waals surface area contributed by atoms with Crippen molar-refractivity contribution in [3.63, 3.8) is 0 Å². The summed E-state index contributed by atoms with van der Waals surface area (Å²) in [6, 6.07) is 13.7. The van der Waals surface area contributed by atoms with Crippen LogP contribution < -0.4 is 9.47 Å². The lowest BCUT2D eigenvalue weighted by Gasteiger charge is -2.23. The van der Waals surface area contributed by atoms with Crippen molar-refractivity contribution in [1.82, 2.24) is 4.90 Å². The minimum absolute atomic E-state index is 0.388. The van der Waals surface area contributed by atoms with Crippen LogP contribution in [0.25, 0.3) is 0 Å². The number of fused-ring (bicyclic) bond motifs is 1. The molecule has 2 aromatic carbocycles. The van der Waals surface area contributed by atoms with Gasteiger partial charge in [0, 0.05) is 12.1 Å². The zero-order valence-corrected chi connectivity index (χ0v) is 13.4. The fourth-order valence-corrected chi connectivity index (χ4v) is 2.86. The first-order valence-corrected chi connectivity index (χ1v) is 7.35. The van der Waals surface area contributed by atoms with Gasteiger partial charge in [0.1, 0.15) is 5.56 Å². The van der Waals surface area contributed by atoms with Crippen LogP contribution in [-0.2, 0) is 11.3 Å². The predicted octanol–water partition coefficient (Wildman–Crippen LogP) is 3.00. The molecule has 0 unspecified atom stereocenters. The molecule has 0 aliphatic carbocycles. The predicted molar refractivity (Wildman–Crippen MR) is 85.6 cm³/mol. The number of cyclic esters (lactones) is 1. The van der Waals surface area contributed by atoms with E-state index >= 15 is 0 Å². The normalized spacial score (nSPS) is 16.2. The number of carbonyl (C=O) groups is 1. The molecule has 1 aliphatic heterocycles. The molecule has 1 atom stereocenters. The third kappa shape index (κ3) is 2.75. The van der Waals surface area contributed by atoms with E-state index in [2.05, 4.69) is 0 Å². The number of methoxy groups -OCH3 is 2. The SMILES string of the molecule is COc1ccc2c(c1OC)C(=O)O[C@@H]2N(C)Cc1ccccc1. The van der Waals surface area contributed by atoms with E-state index in [4.69, 9.17) is 14.2 Å². The number of nitrogens with zero attached hydrogens (tertiary/aromatic N) is 1. The third-order valence-corrected chi connectivity index (χ3v) is 3.94. The summed E-state index contributed by atoms with van der Waals surface area (Å²) >= 11 is 0. The van der Waals surface area contributed by atoms with Crippen LogP contribution in [0.3, 0.4) is 0 Å². The molecule has 0 spiro atoms. The van der Waals surface area contributed by atoms with Crippen LogP contribution in [0.4, 0.5) is 0 Å². The van der Waals surface area contributed by atoms with Gasteiger partial charge in [0.2, 0.25) is 0 Å². The minimum Gasteiger partial charge on any atom is -0.493 e. The molecule has 0 saturated carbocycles. The molecule has 0 saturated heterocycles. The highest BCUT2D eigenvalue weighted by Gasteiger charge is 2.37. The Hall–Kier alpha value is -2.53. The lowest BCUT2D eigenvalue weighted by molar-refractivity contribution is -0.0157. The highest BCUT2D eigenvalue weighted by Crippen LogP contribution is 2.42. The molecule has 3 rings (SSSR count). The van der Waals surface area contributed by atoms with E-state index in [1.54, 1.807) is 13.2 Å². The van der Waals surface area contributed by atoms with Crippen molar-refractivity contribution in [2.24, 2.45) is 0 Å². The van der Waals surface area contributed by atoms with Gasteiger partial charge in [0.15, 0.2) is 17.7 Å². The first-order valence-electron chi connectivity index (χ1n) is 7.35. The van der Waals surface area contributed by atoms with E-state index in [0.29, 0.717) is 23.6 Å². The average molecular weight is 313 g/mol. The second-order valence-electron chi connectivity index (χ2n) is 5.42. The van der Waals surface area contributed by atoms with Crippen LogP contribution in [0.5, 0.6) is 11.5 Å². The van der Waals surface area contributed by atoms with Crippen molar-refractivity contribution in [3.8, 4) is 11.5 Å². The number of benzene rings is 2. The van der Waals surface area contributed by atoms with Crippen molar-refractivity contribution < 1.29 is 19.0 Å². The number of ether oxygens (including phenoxy) is 3. The maximum atomic E-state index is 12.3. The summed E-state index contributed by atoms with van der Waals surface area (Å²) in [6.07, 6.45) is -0.433. The number of rotatable bonds is 5. The van der Waals surface area contributed by atoms with E-state index in [1.807, 2.05) is 48.3 Å². The number of esters is 1. The molecule has 120 valence electrons. The van der Waals surface area contributed by atoms with E-state index in [-0.39, 0.29) is 5.97 Å². The molecule has 0 aromatic heterocycles. The molecule has 1 heterocycles. The maximum Gasteiger partial charge on any atom is 0.344 e. The Morgan fingerprint density at radius 3 is 2.48 bits per heavy atom. The molecular weight excluding hydrogens is 294 g/mol. The van der Waals surface area contributed by atoms with Crippen molar-refractivity contribution in [3.05, 3.63) is 59.2 Å². The minimum atomic E-state index is -0.433. The summed E-state index contributed by atoms with van der Waals surface area (Å²) < 4.78 is 16.2. The maximum absolute atomic E-state index is 12.3. The molecule has 2 aromatic rings. The van der Waals surface area contributed by atoms with Gasteiger partial charge in [-0.15, -0.1) is 0 Å². The summed E-state index contributed by atoms with van der Waals surface area (Å²) in [6.45, 7) is 0.673. The summed E-state index contributed by atoms with van der Waals surface area (Å²) in [5.74, 6) is 0.556. The van der Waals surface area contributed by atoms with Gasteiger partial charge < -0.3 is 14.2 Å². The molecule has 23 heavy (non-hydrogen) atoms. The van der Waals surface area contributed by atoms with Crippen molar-refractivity contribution >= 4 is 5.97 Å². The fourth-order valence-electron chi connectivity index (χ4n) is 2.86. The Kier molecular flexibility index (Phi) is 4.21. The molecular formula is C18H19NO4. The lowest BCUT2D eigenvalue weighted by Crippen LogP contribution is -2.24. The van der Waals surface area contributed by atoms with Gasteiger partial charge in [0.25, 0.3) is 0 Å². The smallest absolute Gasteiger partial charge is 0.344 e. The summed E-state index contributed by atoms with van der Waals surface area (Å²) in [5, 5.41) is 0. The van der Waals surface area contributed by atoms with Gasteiger partial charge in [-0.1, -0.05) is 30.3 Å². The van der Waals surface area contributed by atoms with Gasteiger partial charge in [0.05, 0.1) is 14.2 Å². The van der Waals surface area contributed by atoms with E-state index < -0.39 is 6.23 Å². The quantitative estimate of drug-likeness (QED) is 0.794. The second-order valence-corrected chi connectivity index (χ2v) is 5.42.